The number of nitrogen functional groups attached to an aromatic ring is 1. The van der Waals surface area contributed by atoms with Gasteiger partial charge in [-0.05, 0) is 25.5 Å². The Morgan fingerprint density at radius 2 is 2.00 bits per heavy atom. The van der Waals surface area contributed by atoms with Crippen molar-refractivity contribution in [3.8, 4) is 12.1 Å². The van der Waals surface area contributed by atoms with E-state index in [1.54, 1.807) is 0 Å². The minimum Gasteiger partial charge on any atom is -0.393 e. The molecule has 10 heteroatoms. The van der Waals surface area contributed by atoms with E-state index in [9.17, 15) is 10.1 Å². The molecule has 2 aliphatic heterocycles. The molecule has 2 fully saturated rings. The molecule has 2 saturated heterocycles. The Morgan fingerprint density at radius 1 is 1.31 bits per heavy atom. The Balaban J connectivity index is 0.000000357. The van der Waals surface area contributed by atoms with Crippen LogP contribution >= 0.6 is 24.0 Å². The predicted molar refractivity (Wildman–Crippen MR) is 102 cm³/mol. The Morgan fingerprint density at radius 3 is 2.46 bits per heavy atom. The summed E-state index contributed by atoms with van der Waals surface area (Å²) in [6.07, 6.45) is 1.81. The lowest BCUT2D eigenvalue weighted by Crippen LogP contribution is -2.20. The molecule has 2 unspecified atom stereocenters. The topological polar surface area (TPSA) is 132 Å². The molecule has 0 aromatic heterocycles. The van der Waals surface area contributed by atoms with E-state index < -0.39 is 4.92 Å². The largest absolute Gasteiger partial charge is 0.393 e. The number of rotatable bonds is 2. The summed E-state index contributed by atoms with van der Waals surface area (Å²) in [4.78, 5) is 12.1. The van der Waals surface area contributed by atoms with E-state index in [2.05, 4.69) is 17.5 Å². The van der Waals surface area contributed by atoms with Crippen molar-refractivity contribution in [3.05, 3.63) is 27.3 Å². The molecule has 0 spiro atoms. The maximum Gasteiger partial charge on any atom is 0.293 e. The van der Waals surface area contributed by atoms with E-state index >= 15 is 0 Å². The lowest BCUT2D eigenvalue weighted by molar-refractivity contribution is -0.383. The lowest BCUT2D eigenvalue weighted by atomic mass is 10.1. The van der Waals surface area contributed by atoms with Gasteiger partial charge in [0, 0.05) is 25.7 Å². The van der Waals surface area contributed by atoms with E-state index in [0.717, 1.165) is 25.9 Å². The van der Waals surface area contributed by atoms with Crippen molar-refractivity contribution in [3.63, 3.8) is 0 Å². The van der Waals surface area contributed by atoms with Crippen LogP contribution in [-0.2, 0) is 0 Å². The molecule has 8 nitrogen and oxygen atoms in total. The molecule has 0 radical (unpaired) electrons. The van der Waals surface area contributed by atoms with Gasteiger partial charge in [-0.2, -0.15) is 10.5 Å². The molecule has 3 N–H and O–H groups in total. The maximum absolute atomic E-state index is 10.7. The van der Waals surface area contributed by atoms with Crippen molar-refractivity contribution in [2.24, 2.45) is 11.8 Å². The average Bonchev–Trinajstić information content (AvgIpc) is 3.28. The molecule has 1 aromatic rings. The minimum absolute atomic E-state index is 0. The lowest BCUT2D eigenvalue weighted by Gasteiger charge is -2.19. The first-order chi connectivity index (χ1) is 12.0. The predicted octanol–water partition coefficient (Wildman–Crippen LogP) is 2.72. The van der Waals surface area contributed by atoms with Crippen molar-refractivity contribution in [1.29, 1.82) is 10.5 Å². The van der Waals surface area contributed by atoms with Gasteiger partial charge < -0.3 is 16.0 Å². The first kappa shape index (κ1) is 21.8. The zero-order chi connectivity index (χ0) is 18.4. The molecule has 1 aromatic carbocycles. The summed E-state index contributed by atoms with van der Waals surface area (Å²) in [5.41, 5.74) is 6.17. The van der Waals surface area contributed by atoms with Crippen LogP contribution in [-0.4, -0.2) is 31.1 Å². The second-order valence-electron chi connectivity index (χ2n) is 6.00. The maximum atomic E-state index is 10.7. The third-order valence-corrected chi connectivity index (χ3v) is 4.55. The zero-order valence-electron chi connectivity index (χ0n) is 14.0. The Kier molecular flexibility index (Phi) is 8.40. The van der Waals surface area contributed by atoms with Gasteiger partial charge in [-0.3, -0.25) is 10.1 Å². The minimum atomic E-state index is -0.562. The van der Waals surface area contributed by atoms with Gasteiger partial charge in [-0.1, -0.05) is 11.6 Å². The van der Waals surface area contributed by atoms with E-state index in [-0.39, 0.29) is 34.7 Å². The van der Waals surface area contributed by atoms with Gasteiger partial charge >= 0.3 is 0 Å². The Labute approximate surface area is 163 Å². The number of halogens is 2. The van der Waals surface area contributed by atoms with Crippen molar-refractivity contribution < 1.29 is 4.92 Å². The van der Waals surface area contributed by atoms with Crippen LogP contribution in [0.25, 0.3) is 0 Å². The van der Waals surface area contributed by atoms with Crippen LogP contribution in [0.15, 0.2) is 12.1 Å². The van der Waals surface area contributed by atoms with Crippen LogP contribution in [0.1, 0.15) is 12.8 Å². The summed E-state index contributed by atoms with van der Waals surface area (Å²) in [5, 5.41) is 31.2. The number of nitro groups is 1. The SMILES string of the molecule is Cl.N#CC1CCN(c2cc(N)c([N+](=O)[O-])cc2Cl)C1.N#CC1CCNC1. The number of nitrogens with two attached hydrogens (primary N) is 1. The first-order valence-electron chi connectivity index (χ1n) is 7.94. The standard InChI is InChI=1S/C11H11ClN4O2.C5H8N2.ClH/c12-8-3-11(16(17)18)9(14)4-10(8)15-2-1-7(5-13)6-15;6-3-5-1-2-7-4-5;/h3-4,7H,1-2,6,14H2;5,7H,1-2,4H2;1H. The second kappa shape index (κ2) is 10.0. The number of hydrogen-bond donors (Lipinski definition) is 2. The fourth-order valence-corrected chi connectivity index (χ4v) is 3.09. The first-order valence-corrected chi connectivity index (χ1v) is 8.32. The highest BCUT2D eigenvalue weighted by Gasteiger charge is 2.25. The van der Waals surface area contributed by atoms with Crippen LogP contribution in [0, 0.1) is 44.6 Å². The summed E-state index contributed by atoms with van der Waals surface area (Å²) in [6, 6.07) is 7.16. The van der Waals surface area contributed by atoms with E-state index in [1.807, 2.05) is 4.90 Å². The fraction of sp³-hybridized carbons (Fsp3) is 0.500. The third kappa shape index (κ3) is 5.37. The van der Waals surface area contributed by atoms with Crippen molar-refractivity contribution >= 4 is 41.1 Å². The molecule has 2 atom stereocenters. The van der Waals surface area contributed by atoms with Crippen LogP contribution < -0.4 is 16.0 Å². The summed E-state index contributed by atoms with van der Waals surface area (Å²) < 4.78 is 0. The van der Waals surface area contributed by atoms with Gasteiger partial charge in [0.15, 0.2) is 0 Å². The van der Waals surface area contributed by atoms with Crippen molar-refractivity contribution in [2.45, 2.75) is 12.8 Å². The van der Waals surface area contributed by atoms with Gasteiger partial charge in [0.1, 0.15) is 5.69 Å². The van der Waals surface area contributed by atoms with Gasteiger partial charge in [0.25, 0.3) is 5.69 Å². The molecular formula is C16H20Cl2N6O2. The van der Waals surface area contributed by atoms with Crippen molar-refractivity contribution in [1.82, 2.24) is 5.32 Å². The number of anilines is 2. The molecule has 2 heterocycles. The number of nitrogens with zero attached hydrogens (tertiary/aromatic N) is 4. The van der Waals surface area contributed by atoms with Crippen LogP contribution in [0.2, 0.25) is 5.02 Å². The second-order valence-corrected chi connectivity index (χ2v) is 6.41. The quantitative estimate of drug-likeness (QED) is 0.444. The highest BCUT2D eigenvalue weighted by molar-refractivity contribution is 6.33. The van der Waals surface area contributed by atoms with E-state index in [1.165, 1.54) is 12.1 Å². The van der Waals surface area contributed by atoms with Crippen molar-refractivity contribution in [2.75, 3.05) is 36.8 Å². The fourth-order valence-electron chi connectivity index (χ4n) is 2.82. The molecule has 0 aliphatic carbocycles. The Bertz CT molecular complexity index is 725. The van der Waals surface area contributed by atoms with Gasteiger partial charge in [0.2, 0.25) is 0 Å². The summed E-state index contributed by atoms with van der Waals surface area (Å²) in [6.45, 7) is 3.21. The number of nitro benzene ring substituents is 1. The summed E-state index contributed by atoms with van der Waals surface area (Å²) in [7, 11) is 0. The van der Waals surface area contributed by atoms with E-state index in [0.29, 0.717) is 24.7 Å². The highest BCUT2D eigenvalue weighted by atomic mass is 35.5. The zero-order valence-corrected chi connectivity index (χ0v) is 15.6. The van der Waals surface area contributed by atoms with Crippen LogP contribution in [0.4, 0.5) is 17.1 Å². The number of nitriles is 2. The average molecular weight is 399 g/mol. The van der Waals surface area contributed by atoms with Gasteiger partial charge in [0.05, 0.1) is 39.6 Å². The third-order valence-electron chi connectivity index (χ3n) is 4.25. The van der Waals surface area contributed by atoms with Crippen LogP contribution in [0.5, 0.6) is 0 Å². The number of benzene rings is 1. The monoisotopic (exact) mass is 398 g/mol. The van der Waals surface area contributed by atoms with E-state index in [4.69, 9.17) is 27.9 Å². The molecule has 0 bridgehead atoms. The summed E-state index contributed by atoms with van der Waals surface area (Å²) in [5.74, 6) is 0.262. The normalized spacial score (nSPS) is 21.0. The molecule has 26 heavy (non-hydrogen) atoms. The molecule has 0 saturated carbocycles. The molecule has 0 amide bonds. The van der Waals surface area contributed by atoms with Crippen LogP contribution in [0.3, 0.4) is 0 Å². The van der Waals surface area contributed by atoms with Gasteiger partial charge in [-0.25, -0.2) is 0 Å². The summed E-state index contributed by atoms with van der Waals surface area (Å²) >= 11 is 6.03. The molecular weight excluding hydrogens is 379 g/mol. The smallest absolute Gasteiger partial charge is 0.293 e. The number of nitrogens with one attached hydrogen (secondary N) is 1. The molecule has 3 rings (SSSR count). The Hall–Kier alpha value is -2.26. The highest BCUT2D eigenvalue weighted by Crippen LogP contribution is 2.36. The number of hydrogen-bond acceptors (Lipinski definition) is 7. The van der Waals surface area contributed by atoms with Gasteiger partial charge in [-0.15, -0.1) is 12.4 Å². The molecule has 140 valence electrons. The molecule has 2 aliphatic rings.